The molecule has 0 amide bonds. The summed E-state index contributed by atoms with van der Waals surface area (Å²) >= 11 is 0. The first-order valence-electron chi connectivity index (χ1n) is 4.57. The van der Waals surface area contributed by atoms with Crippen molar-refractivity contribution in [2.75, 3.05) is 0 Å². The van der Waals surface area contributed by atoms with Gasteiger partial charge in [0.1, 0.15) is 11.5 Å². The zero-order chi connectivity index (χ0) is 11.4. The number of hydrogen-bond acceptors (Lipinski definition) is 3. The summed E-state index contributed by atoms with van der Waals surface area (Å²) in [5, 5.41) is 8.61. The molecule has 0 saturated heterocycles. The van der Waals surface area contributed by atoms with Crippen molar-refractivity contribution in [3.8, 4) is 17.6 Å². The Morgan fingerprint density at radius 1 is 1.12 bits per heavy atom. The minimum absolute atomic E-state index is 0.372. The smallest absolute Gasteiger partial charge is 0.216 e. The molecule has 0 fully saturated rings. The molecule has 2 aromatic rings. The minimum atomic E-state index is -0.592. The molecule has 4 heteroatoms. The summed E-state index contributed by atoms with van der Waals surface area (Å²) in [5.74, 6) is 0.327. The van der Waals surface area contributed by atoms with Crippen LogP contribution in [0, 0.1) is 17.3 Å². The Kier molecular flexibility index (Phi) is 2.79. The zero-order valence-electron chi connectivity index (χ0n) is 8.22. The molecular weight excluding hydrogens is 207 g/mol. The van der Waals surface area contributed by atoms with Gasteiger partial charge in [-0.05, 0) is 30.3 Å². The molecule has 0 unspecified atom stereocenters. The first-order chi connectivity index (χ1) is 7.78. The molecule has 0 saturated carbocycles. The van der Waals surface area contributed by atoms with Gasteiger partial charge in [-0.15, -0.1) is 0 Å². The van der Waals surface area contributed by atoms with Crippen LogP contribution in [0.2, 0.25) is 0 Å². The van der Waals surface area contributed by atoms with E-state index in [9.17, 15) is 4.39 Å². The summed E-state index contributed by atoms with van der Waals surface area (Å²) in [6, 6.07) is 11.3. The molecule has 0 spiro atoms. The second-order valence-corrected chi connectivity index (χ2v) is 3.05. The zero-order valence-corrected chi connectivity index (χ0v) is 8.22. The number of benzene rings is 1. The summed E-state index contributed by atoms with van der Waals surface area (Å²) in [5.41, 5.74) is 0.549. The third-order valence-corrected chi connectivity index (χ3v) is 1.92. The number of rotatable bonds is 2. The molecule has 0 atom stereocenters. The van der Waals surface area contributed by atoms with Gasteiger partial charge in [-0.2, -0.15) is 9.65 Å². The Morgan fingerprint density at radius 3 is 2.50 bits per heavy atom. The van der Waals surface area contributed by atoms with Crippen LogP contribution in [0.4, 0.5) is 4.39 Å². The Morgan fingerprint density at radius 2 is 1.88 bits per heavy atom. The van der Waals surface area contributed by atoms with Crippen LogP contribution in [0.15, 0.2) is 42.6 Å². The Balaban J connectivity index is 2.18. The van der Waals surface area contributed by atoms with Crippen LogP contribution in [-0.4, -0.2) is 4.98 Å². The number of hydrogen-bond donors (Lipinski definition) is 0. The number of nitriles is 1. The van der Waals surface area contributed by atoms with Gasteiger partial charge in [0.15, 0.2) is 0 Å². The SMILES string of the molecule is N#Cc1ccc(Oc2ccnc(F)c2)cc1. The topological polar surface area (TPSA) is 45.9 Å². The fraction of sp³-hybridized carbons (Fsp3) is 0. The monoisotopic (exact) mass is 214 g/mol. The molecule has 3 nitrogen and oxygen atoms in total. The molecule has 0 aliphatic carbocycles. The number of ether oxygens (including phenoxy) is 1. The van der Waals surface area contributed by atoms with Crippen LogP contribution in [0.25, 0.3) is 0 Å². The number of pyridine rings is 1. The predicted molar refractivity (Wildman–Crippen MR) is 55.4 cm³/mol. The van der Waals surface area contributed by atoms with Crippen molar-refractivity contribution in [1.29, 1.82) is 5.26 Å². The lowest BCUT2D eigenvalue weighted by Crippen LogP contribution is -1.87. The molecule has 0 N–H and O–H groups in total. The Labute approximate surface area is 91.7 Å². The third-order valence-electron chi connectivity index (χ3n) is 1.92. The normalized spacial score (nSPS) is 9.50. The van der Waals surface area contributed by atoms with Crippen molar-refractivity contribution in [2.45, 2.75) is 0 Å². The first-order valence-corrected chi connectivity index (χ1v) is 4.57. The highest BCUT2D eigenvalue weighted by atomic mass is 19.1. The van der Waals surface area contributed by atoms with Crippen LogP contribution < -0.4 is 4.74 Å². The van der Waals surface area contributed by atoms with Crippen molar-refractivity contribution >= 4 is 0 Å². The third kappa shape index (κ3) is 2.34. The molecule has 0 aliphatic heterocycles. The van der Waals surface area contributed by atoms with Crippen molar-refractivity contribution in [1.82, 2.24) is 4.98 Å². The lowest BCUT2D eigenvalue weighted by atomic mass is 10.2. The van der Waals surface area contributed by atoms with Crippen LogP contribution in [-0.2, 0) is 0 Å². The fourth-order valence-corrected chi connectivity index (χ4v) is 1.18. The van der Waals surface area contributed by atoms with Gasteiger partial charge in [0.2, 0.25) is 5.95 Å². The molecule has 0 aliphatic rings. The number of nitrogens with zero attached hydrogens (tertiary/aromatic N) is 2. The molecule has 1 aromatic carbocycles. The highest BCUT2D eigenvalue weighted by molar-refractivity contribution is 5.36. The van der Waals surface area contributed by atoms with Gasteiger partial charge in [-0.25, -0.2) is 4.98 Å². The van der Waals surface area contributed by atoms with Gasteiger partial charge < -0.3 is 4.74 Å². The van der Waals surface area contributed by atoms with Crippen LogP contribution in [0.3, 0.4) is 0 Å². The Hall–Kier alpha value is -2.41. The summed E-state index contributed by atoms with van der Waals surface area (Å²) in [4.78, 5) is 3.42. The molecule has 0 radical (unpaired) electrons. The lowest BCUT2D eigenvalue weighted by Gasteiger charge is -2.04. The Bertz CT molecular complexity index is 531. The average Bonchev–Trinajstić information content (AvgIpc) is 2.30. The second-order valence-electron chi connectivity index (χ2n) is 3.05. The molecule has 78 valence electrons. The molecule has 0 bridgehead atoms. The standard InChI is InChI=1S/C12H7FN2O/c13-12-7-11(5-6-15-12)16-10-3-1-9(8-14)2-4-10/h1-7H. The lowest BCUT2D eigenvalue weighted by molar-refractivity contribution is 0.472. The highest BCUT2D eigenvalue weighted by Crippen LogP contribution is 2.21. The molecule has 16 heavy (non-hydrogen) atoms. The van der Waals surface area contributed by atoms with Crippen molar-refractivity contribution < 1.29 is 9.13 Å². The van der Waals surface area contributed by atoms with E-state index in [1.165, 1.54) is 12.3 Å². The van der Waals surface area contributed by atoms with Gasteiger partial charge in [0, 0.05) is 12.3 Å². The van der Waals surface area contributed by atoms with Crippen LogP contribution in [0.5, 0.6) is 11.5 Å². The van der Waals surface area contributed by atoms with E-state index in [4.69, 9.17) is 10.00 Å². The summed E-state index contributed by atoms with van der Waals surface area (Å²) < 4.78 is 18.1. The maximum atomic E-state index is 12.8. The van der Waals surface area contributed by atoms with Crippen LogP contribution in [0.1, 0.15) is 5.56 Å². The predicted octanol–water partition coefficient (Wildman–Crippen LogP) is 2.88. The van der Waals surface area contributed by atoms with Crippen molar-refractivity contribution in [2.24, 2.45) is 0 Å². The number of halogens is 1. The number of aromatic nitrogens is 1. The quantitative estimate of drug-likeness (QED) is 0.722. The van der Waals surface area contributed by atoms with E-state index in [0.717, 1.165) is 0 Å². The second kappa shape index (κ2) is 4.41. The van der Waals surface area contributed by atoms with Crippen molar-refractivity contribution in [3.63, 3.8) is 0 Å². The molecular formula is C12H7FN2O. The summed E-state index contributed by atoms with van der Waals surface area (Å²) in [6.07, 6.45) is 1.33. The van der Waals surface area contributed by atoms with Gasteiger partial charge in [0.25, 0.3) is 0 Å². The van der Waals surface area contributed by atoms with E-state index in [1.807, 2.05) is 6.07 Å². The van der Waals surface area contributed by atoms with Crippen LogP contribution >= 0.6 is 0 Å². The largest absolute Gasteiger partial charge is 0.457 e. The maximum absolute atomic E-state index is 12.8. The molecule has 1 heterocycles. The van der Waals surface area contributed by atoms with E-state index in [2.05, 4.69) is 4.98 Å². The van der Waals surface area contributed by atoms with E-state index in [-0.39, 0.29) is 0 Å². The summed E-state index contributed by atoms with van der Waals surface area (Å²) in [6.45, 7) is 0. The molecule has 1 aromatic heterocycles. The summed E-state index contributed by atoms with van der Waals surface area (Å²) in [7, 11) is 0. The van der Waals surface area contributed by atoms with E-state index in [1.54, 1.807) is 30.3 Å². The fourth-order valence-electron chi connectivity index (χ4n) is 1.18. The minimum Gasteiger partial charge on any atom is -0.457 e. The molecule has 2 rings (SSSR count). The maximum Gasteiger partial charge on any atom is 0.216 e. The van der Waals surface area contributed by atoms with Gasteiger partial charge in [0.05, 0.1) is 11.6 Å². The van der Waals surface area contributed by atoms with Gasteiger partial charge in [-0.1, -0.05) is 0 Å². The van der Waals surface area contributed by atoms with Gasteiger partial charge >= 0.3 is 0 Å². The van der Waals surface area contributed by atoms with E-state index in [0.29, 0.717) is 17.1 Å². The van der Waals surface area contributed by atoms with E-state index >= 15 is 0 Å². The first kappa shape index (κ1) is 10.1. The van der Waals surface area contributed by atoms with Gasteiger partial charge in [-0.3, -0.25) is 0 Å². The highest BCUT2D eigenvalue weighted by Gasteiger charge is 1.99. The van der Waals surface area contributed by atoms with Crippen molar-refractivity contribution in [3.05, 3.63) is 54.1 Å². The average molecular weight is 214 g/mol. The van der Waals surface area contributed by atoms with E-state index < -0.39 is 5.95 Å².